The Morgan fingerprint density at radius 2 is 0.451 bits per heavy atom. The van der Waals surface area contributed by atoms with Crippen LogP contribution in [0.3, 0.4) is 0 Å². The molecule has 0 atom stereocenters. The van der Waals surface area contributed by atoms with Gasteiger partial charge in [0.15, 0.2) is 0 Å². The van der Waals surface area contributed by atoms with Crippen LogP contribution in [0.4, 0.5) is 17.6 Å². The van der Waals surface area contributed by atoms with Crippen LogP contribution in [-0.4, -0.2) is 18.3 Å². The van der Waals surface area contributed by atoms with E-state index in [1.165, 1.54) is 144 Å². The maximum Gasteiger partial charge on any atom is 0.416 e. The van der Waals surface area contributed by atoms with Gasteiger partial charge in [0.1, 0.15) is 5.82 Å². The number of halogens is 4. The lowest BCUT2D eigenvalue weighted by Gasteiger charge is -2.13. The Morgan fingerprint density at radius 3 is 0.805 bits per heavy atom. The van der Waals surface area contributed by atoms with Crippen LogP contribution in [0.15, 0.2) is 376 Å². The summed E-state index contributed by atoms with van der Waals surface area (Å²) in [5, 5.41) is 14.4. The summed E-state index contributed by atoms with van der Waals surface area (Å²) in [6.07, 6.45) is -4.39. The van der Waals surface area contributed by atoms with E-state index in [4.69, 9.17) is 0 Å². The van der Waals surface area contributed by atoms with Crippen molar-refractivity contribution in [2.45, 2.75) is 6.18 Å². The number of benzene rings is 18. The van der Waals surface area contributed by atoms with Crippen molar-refractivity contribution in [2.75, 3.05) is 0 Å². The molecular weight excluding hydrogens is 1390 g/mol. The van der Waals surface area contributed by atoms with Crippen LogP contribution >= 0.6 is 0 Å². The quantitative estimate of drug-likeness (QED) is 0.135. The summed E-state index contributed by atoms with van der Waals surface area (Å²) in [4.78, 5) is 0. The van der Waals surface area contributed by atoms with Crippen LogP contribution in [0, 0.1) is 5.82 Å². The topological polar surface area (TPSA) is 19.7 Å². The van der Waals surface area contributed by atoms with Gasteiger partial charge in [-0.3, -0.25) is 0 Å². The van der Waals surface area contributed by atoms with Crippen molar-refractivity contribution in [1.82, 2.24) is 18.3 Å². The van der Waals surface area contributed by atoms with Crippen LogP contribution < -0.4 is 0 Å². The van der Waals surface area contributed by atoms with E-state index in [-0.39, 0.29) is 5.82 Å². The summed E-state index contributed by atoms with van der Waals surface area (Å²) in [5.41, 5.74) is 31.6. The third-order valence-electron chi connectivity index (χ3n) is 23.8. The van der Waals surface area contributed by atoms with Crippen molar-refractivity contribution in [3.63, 3.8) is 0 Å². The molecule has 0 bridgehead atoms. The highest BCUT2D eigenvalue weighted by atomic mass is 19.4. The minimum atomic E-state index is -4.39. The molecule has 4 nitrogen and oxygen atoms in total. The second-order valence-corrected chi connectivity index (χ2v) is 29.8. The maximum atomic E-state index is 13.9. The van der Waals surface area contributed by atoms with Gasteiger partial charge in [-0.05, 0) is 256 Å². The van der Waals surface area contributed by atoms with Crippen LogP contribution in [0.1, 0.15) is 5.56 Å². The van der Waals surface area contributed by atoms with Crippen LogP contribution in [0.5, 0.6) is 0 Å². The van der Waals surface area contributed by atoms with E-state index >= 15 is 0 Å². The maximum absolute atomic E-state index is 13.9. The summed E-state index contributed by atoms with van der Waals surface area (Å²) in [6.45, 7) is 0. The smallest absolute Gasteiger partial charge is 0.309 e. The Balaban J connectivity index is 0.000000135. The predicted molar refractivity (Wildman–Crippen MR) is 461 cm³/mol. The van der Waals surface area contributed by atoms with E-state index in [1.54, 1.807) is 12.1 Å². The number of rotatable bonds is 8. The molecule has 530 valence electrons. The number of aromatic nitrogens is 4. The summed E-state index contributed by atoms with van der Waals surface area (Å²) < 4.78 is 63.2. The fourth-order valence-electron chi connectivity index (χ4n) is 18.9. The van der Waals surface area contributed by atoms with E-state index in [2.05, 4.69) is 323 Å². The molecule has 0 spiro atoms. The molecule has 2 aliphatic carbocycles. The SMILES string of the molecule is FC(F)(F)c1ccc(-n2c3ccccc3c3cc(-c4ccc5c(c4)c4ccccc4n5-c4cccc(-c5ccc6c7c(cccc57)-c5ccccc5-6)c4)ccc32)cc1.Fc1ccc(-n2c3ccccc3c3cc(-c4ccc5c(c4)c4ccccc4n5-c4cccc(-c5ccc6c7c(cccc57)-c5ccccc5-6)c4)ccc32)cc1. The molecule has 0 fully saturated rings. The van der Waals surface area contributed by atoms with Gasteiger partial charge >= 0.3 is 6.18 Å². The van der Waals surface area contributed by atoms with Crippen molar-refractivity contribution in [2.24, 2.45) is 0 Å². The lowest BCUT2D eigenvalue weighted by molar-refractivity contribution is -0.137. The molecule has 0 aliphatic heterocycles. The van der Waals surface area contributed by atoms with E-state index in [1.807, 2.05) is 34.9 Å². The summed E-state index contributed by atoms with van der Waals surface area (Å²) in [7, 11) is 0. The monoisotopic (exact) mass is 1450 g/mol. The second-order valence-electron chi connectivity index (χ2n) is 29.8. The Labute approximate surface area is 646 Å². The number of nitrogens with zero attached hydrogens (tertiary/aromatic N) is 4. The van der Waals surface area contributed by atoms with Gasteiger partial charge in [-0.1, -0.05) is 231 Å². The predicted octanol–water partition coefficient (Wildman–Crippen LogP) is 29.2. The average Bonchev–Trinajstić information content (AvgIpc) is 1.60. The molecule has 4 aromatic heterocycles. The number of hydrogen-bond acceptors (Lipinski definition) is 0. The van der Waals surface area contributed by atoms with Crippen molar-refractivity contribution in [3.05, 3.63) is 387 Å². The van der Waals surface area contributed by atoms with Gasteiger partial charge in [-0.15, -0.1) is 0 Å². The lowest BCUT2D eigenvalue weighted by atomic mass is 9.94. The largest absolute Gasteiger partial charge is 0.416 e. The molecule has 0 saturated carbocycles. The lowest BCUT2D eigenvalue weighted by Crippen LogP contribution is -2.05. The van der Waals surface area contributed by atoms with Gasteiger partial charge in [0.25, 0.3) is 0 Å². The Morgan fingerprint density at radius 1 is 0.177 bits per heavy atom. The second kappa shape index (κ2) is 24.7. The summed E-state index contributed by atoms with van der Waals surface area (Å²) in [5.74, 6) is -0.236. The van der Waals surface area contributed by atoms with E-state index in [0.717, 1.165) is 95.1 Å². The minimum absolute atomic E-state index is 0.236. The van der Waals surface area contributed by atoms with E-state index in [0.29, 0.717) is 5.69 Å². The molecule has 2 aliphatic rings. The van der Waals surface area contributed by atoms with Crippen molar-refractivity contribution < 1.29 is 17.6 Å². The summed E-state index contributed by atoms with van der Waals surface area (Å²) >= 11 is 0. The average molecular weight is 1460 g/mol. The Hall–Kier alpha value is -14.6. The normalized spacial score (nSPS) is 12.2. The Kier molecular flexibility index (Phi) is 14.1. The summed E-state index contributed by atoms with van der Waals surface area (Å²) in [6, 6.07) is 131. The van der Waals surface area contributed by atoms with E-state index < -0.39 is 11.7 Å². The molecule has 0 unspecified atom stereocenters. The van der Waals surface area contributed by atoms with Crippen LogP contribution in [0.25, 0.3) is 221 Å². The molecule has 0 amide bonds. The van der Waals surface area contributed by atoms with Crippen LogP contribution in [0.2, 0.25) is 0 Å². The zero-order valence-corrected chi connectivity index (χ0v) is 60.6. The molecule has 24 rings (SSSR count). The third kappa shape index (κ3) is 9.89. The number of fused-ring (bicyclic) bond motifs is 18. The molecular formula is C105H62F4N4. The first-order valence-electron chi connectivity index (χ1n) is 38.2. The fourth-order valence-corrected chi connectivity index (χ4v) is 18.9. The van der Waals surface area contributed by atoms with Gasteiger partial charge < -0.3 is 18.3 Å². The molecule has 0 saturated heterocycles. The highest BCUT2D eigenvalue weighted by Crippen LogP contribution is 2.52. The van der Waals surface area contributed by atoms with Gasteiger partial charge in [-0.2, -0.15) is 13.2 Å². The number of hydrogen-bond donors (Lipinski definition) is 0. The molecule has 4 heterocycles. The highest BCUT2D eigenvalue weighted by molar-refractivity contribution is 6.21. The molecule has 22 aromatic rings. The van der Waals surface area contributed by atoms with Crippen molar-refractivity contribution >= 4 is 109 Å². The fraction of sp³-hybridized carbons (Fsp3) is 0.00952. The number of para-hydroxylation sites is 4. The number of alkyl halides is 3. The molecule has 18 aromatic carbocycles. The first kappa shape index (κ1) is 64.4. The Bertz CT molecular complexity index is 7740. The highest BCUT2D eigenvalue weighted by Gasteiger charge is 2.31. The van der Waals surface area contributed by atoms with E-state index in [9.17, 15) is 17.6 Å². The molecule has 8 heteroatoms. The zero-order chi connectivity index (χ0) is 74.9. The van der Waals surface area contributed by atoms with Gasteiger partial charge in [0.2, 0.25) is 0 Å². The van der Waals surface area contributed by atoms with Crippen molar-refractivity contribution in [3.8, 4) is 112 Å². The van der Waals surface area contributed by atoms with Crippen LogP contribution in [-0.2, 0) is 6.18 Å². The van der Waals surface area contributed by atoms with Crippen molar-refractivity contribution in [1.29, 1.82) is 0 Å². The standard InChI is InChI=1S/C53H31F3N2.C52H31FN2/c54-53(55,56)35-21-23-36(24-22-35)57-48-17-5-3-13-41(48)46-30-32(19-27-50(46)57)33-20-28-51-47(31-33)42-14-4-6-18-49(42)58(51)37-10-7-9-34(29-37)38-25-26-45-40-12-2-1-11-39(40)44-16-8-15-43(38)52(44)45;53-35-21-23-36(24-22-35)54-48-17-5-3-13-41(48)46-30-32(19-27-50(46)54)33-20-28-51-47(31-33)42-14-4-6-18-49(42)55(51)37-10-7-9-34(29-37)38-25-26-45-40-12-2-1-11-39(40)44-16-8-15-43(38)52(44)45/h1-31H;1-31H. The first-order valence-corrected chi connectivity index (χ1v) is 38.2. The first-order chi connectivity index (χ1) is 55.6. The van der Waals surface area contributed by atoms with Gasteiger partial charge in [0, 0.05) is 65.8 Å². The molecule has 0 N–H and O–H groups in total. The van der Waals surface area contributed by atoms with Gasteiger partial charge in [0.05, 0.1) is 49.7 Å². The third-order valence-corrected chi connectivity index (χ3v) is 23.8. The molecule has 0 radical (unpaired) electrons. The van der Waals surface area contributed by atoms with Gasteiger partial charge in [-0.25, -0.2) is 4.39 Å². The molecule has 113 heavy (non-hydrogen) atoms. The minimum Gasteiger partial charge on any atom is -0.309 e. The zero-order valence-electron chi connectivity index (χ0n) is 60.6.